The monoisotopic (exact) mass is 300 g/mol. The van der Waals surface area contributed by atoms with Gasteiger partial charge in [0.25, 0.3) is 0 Å². The zero-order valence-electron chi connectivity index (χ0n) is 12.5. The quantitative estimate of drug-likeness (QED) is 0.769. The third-order valence-electron chi connectivity index (χ3n) is 3.36. The molecule has 0 radical (unpaired) electrons. The van der Waals surface area contributed by atoms with Crippen molar-refractivity contribution in [3.8, 4) is 0 Å². The van der Waals surface area contributed by atoms with Gasteiger partial charge in [-0.05, 0) is 25.1 Å². The number of anilines is 1. The topological polar surface area (TPSA) is 83.7 Å². The van der Waals surface area contributed by atoms with E-state index in [-0.39, 0.29) is 5.82 Å². The van der Waals surface area contributed by atoms with Crippen molar-refractivity contribution in [2.45, 2.75) is 20.0 Å². The predicted molar refractivity (Wildman–Crippen MR) is 82.8 cm³/mol. The van der Waals surface area contributed by atoms with Gasteiger partial charge in [0.1, 0.15) is 23.3 Å². The van der Waals surface area contributed by atoms with E-state index < -0.39 is 0 Å². The number of aromatic nitrogens is 4. The largest absolute Gasteiger partial charge is 0.352 e. The van der Waals surface area contributed by atoms with Gasteiger partial charge in [0, 0.05) is 19.7 Å². The first-order valence-electron chi connectivity index (χ1n) is 6.95. The van der Waals surface area contributed by atoms with Crippen LogP contribution in [0.2, 0.25) is 0 Å². The molecule has 6 nitrogen and oxygen atoms in total. The number of hydrogen-bond acceptors (Lipinski definition) is 5. The summed E-state index contributed by atoms with van der Waals surface area (Å²) in [5, 5.41) is 0. The zero-order valence-corrected chi connectivity index (χ0v) is 12.5. The molecule has 0 saturated heterocycles. The van der Waals surface area contributed by atoms with Crippen LogP contribution in [0.15, 0.2) is 24.3 Å². The molecule has 0 spiro atoms. The molecule has 3 N–H and O–H groups in total. The molecule has 22 heavy (non-hydrogen) atoms. The highest BCUT2D eigenvalue weighted by molar-refractivity contribution is 5.75. The van der Waals surface area contributed by atoms with Gasteiger partial charge in [-0.15, -0.1) is 0 Å². The number of halogens is 1. The molecule has 0 unspecified atom stereocenters. The van der Waals surface area contributed by atoms with Gasteiger partial charge < -0.3 is 15.6 Å². The van der Waals surface area contributed by atoms with Gasteiger partial charge in [0.15, 0.2) is 0 Å². The SMILES string of the molecule is Cc1nc(CN)cc(N(C)Cc2nc3ccc(F)cc3[nH]2)n1. The highest BCUT2D eigenvalue weighted by Gasteiger charge is 2.10. The van der Waals surface area contributed by atoms with E-state index in [1.807, 2.05) is 24.9 Å². The Morgan fingerprint density at radius 3 is 2.82 bits per heavy atom. The maximum Gasteiger partial charge on any atom is 0.132 e. The number of imidazole rings is 1. The fourth-order valence-electron chi connectivity index (χ4n) is 2.33. The molecular weight excluding hydrogens is 283 g/mol. The zero-order chi connectivity index (χ0) is 15.7. The second-order valence-corrected chi connectivity index (χ2v) is 5.17. The van der Waals surface area contributed by atoms with E-state index in [4.69, 9.17) is 5.73 Å². The maximum absolute atomic E-state index is 13.2. The van der Waals surface area contributed by atoms with Crippen LogP contribution >= 0.6 is 0 Å². The van der Waals surface area contributed by atoms with Crippen molar-refractivity contribution in [2.75, 3.05) is 11.9 Å². The Morgan fingerprint density at radius 1 is 1.23 bits per heavy atom. The Bertz CT molecular complexity index is 813. The number of H-pyrrole nitrogens is 1. The third kappa shape index (κ3) is 2.89. The van der Waals surface area contributed by atoms with E-state index in [0.29, 0.717) is 24.4 Å². The molecule has 0 aliphatic heterocycles. The first-order chi connectivity index (χ1) is 10.5. The molecule has 1 aromatic carbocycles. The minimum absolute atomic E-state index is 0.282. The van der Waals surface area contributed by atoms with Crippen LogP contribution in [0.5, 0.6) is 0 Å². The van der Waals surface area contributed by atoms with Crippen molar-refractivity contribution in [1.29, 1.82) is 0 Å². The highest BCUT2D eigenvalue weighted by atomic mass is 19.1. The summed E-state index contributed by atoms with van der Waals surface area (Å²) in [6, 6.07) is 6.35. The van der Waals surface area contributed by atoms with Crippen molar-refractivity contribution in [2.24, 2.45) is 5.73 Å². The molecule has 3 rings (SSSR count). The van der Waals surface area contributed by atoms with Gasteiger partial charge in [0.05, 0.1) is 23.3 Å². The van der Waals surface area contributed by atoms with Crippen molar-refractivity contribution in [3.63, 3.8) is 0 Å². The molecular formula is C15H17FN6. The summed E-state index contributed by atoms with van der Waals surface area (Å²) in [6.45, 7) is 2.73. The predicted octanol–water partition coefficient (Wildman–Crippen LogP) is 1.90. The number of rotatable bonds is 4. The Hall–Kier alpha value is -2.54. The van der Waals surface area contributed by atoms with Crippen LogP contribution in [0, 0.1) is 12.7 Å². The summed E-state index contributed by atoms with van der Waals surface area (Å²) in [5.41, 5.74) is 7.86. The summed E-state index contributed by atoms with van der Waals surface area (Å²) >= 11 is 0. The Morgan fingerprint density at radius 2 is 2.05 bits per heavy atom. The van der Waals surface area contributed by atoms with Crippen molar-refractivity contribution < 1.29 is 4.39 Å². The normalized spacial score (nSPS) is 11.1. The number of hydrogen-bond donors (Lipinski definition) is 2. The fourth-order valence-corrected chi connectivity index (χ4v) is 2.33. The number of aryl methyl sites for hydroxylation is 1. The average molecular weight is 300 g/mol. The Balaban J connectivity index is 1.86. The highest BCUT2D eigenvalue weighted by Crippen LogP contribution is 2.16. The van der Waals surface area contributed by atoms with E-state index >= 15 is 0 Å². The molecule has 7 heteroatoms. The minimum Gasteiger partial charge on any atom is -0.352 e. The van der Waals surface area contributed by atoms with Crippen LogP contribution in [-0.2, 0) is 13.1 Å². The van der Waals surface area contributed by atoms with Crippen LogP contribution < -0.4 is 10.6 Å². The molecule has 0 saturated carbocycles. The van der Waals surface area contributed by atoms with Crippen molar-refractivity contribution in [3.05, 3.63) is 47.4 Å². The molecule has 2 heterocycles. The summed E-state index contributed by atoms with van der Waals surface area (Å²) < 4.78 is 13.2. The fraction of sp³-hybridized carbons (Fsp3) is 0.267. The second-order valence-electron chi connectivity index (χ2n) is 5.17. The molecule has 0 aliphatic carbocycles. The maximum atomic E-state index is 13.2. The van der Waals surface area contributed by atoms with E-state index in [2.05, 4.69) is 19.9 Å². The van der Waals surface area contributed by atoms with E-state index in [1.54, 1.807) is 6.07 Å². The molecule has 114 valence electrons. The van der Waals surface area contributed by atoms with Crippen LogP contribution in [0.25, 0.3) is 11.0 Å². The van der Waals surface area contributed by atoms with Gasteiger partial charge in [-0.1, -0.05) is 0 Å². The molecule has 0 bridgehead atoms. The summed E-state index contributed by atoms with van der Waals surface area (Å²) in [7, 11) is 1.91. The van der Waals surface area contributed by atoms with Gasteiger partial charge in [-0.25, -0.2) is 19.3 Å². The van der Waals surface area contributed by atoms with Gasteiger partial charge in [-0.3, -0.25) is 0 Å². The second kappa shape index (κ2) is 5.69. The van der Waals surface area contributed by atoms with Crippen LogP contribution in [0.1, 0.15) is 17.3 Å². The van der Waals surface area contributed by atoms with Crippen molar-refractivity contribution >= 4 is 16.9 Å². The van der Waals surface area contributed by atoms with Gasteiger partial charge in [-0.2, -0.15) is 0 Å². The van der Waals surface area contributed by atoms with Crippen LogP contribution in [0.4, 0.5) is 10.2 Å². The minimum atomic E-state index is -0.282. The molecule has 3 aromatic rings. The number of nitrogens with one attached hydrogen (secondary N) is 1. The Kier molecular flexibility index (Phi) is 3.72. The third-order valence-corrected chi connectivity index (χ3v) is 3.36. The smallest absolute Gasteiger partial charge is 0.132 e. The van der Waals surface area contributed by atoms with Crippen molar-refractivity contribution in [1.82, 2.24) is 19.9 Å². The van der Waals surface area contributed by atoms with Crippen LogP contribution in [0.3, 0.4) is 0 Å². The molecule has 0 atom stereocenters. The molecule has 0 aliphatic rings. The number of benzene rings is 1. The van der Waals surface area contributed by atoms with Gasteiger partial charge in [0.2, 0.25) is 0 Å². The first-order valence-corrected chi connectivity index (χ1v) is 6.95. The lowest BCUT2D eigenvalue weighted by Gasteiger charge is -2.17. The molecule has 2 aromatic heterocycles. The van der Waals surface area contributed by atoms with Crippen LogP contribution in [-0.4, -0.2) is 27.0 Å². The van der Waals surface area contributed by atoms with E-state index in [9.17, 15) is 4.39 Å². The standard InChI is InChI=1S/C15H17FN6/c1-9-18-11(7-17)6-15(19-9)22(2)8-14-20-12-4-3-10(16)5-13(12)21-14/h3-6H,7-8,17H2,1-2H3,(H,20,21). The summed E-state index contributed by atoms with van der Waals surface area (Å²) in [4.78, 5) is 18.2. The lowest BCUT2D eigenvalue weighted by atomic mass is 10.3. The Labute approximate surface area is 127 Å². The molecule has 0 amide bonds. The lowest BCUT2D eigenvalue weighted by Crippen LogP contribution is -2.20. The summed E-state index contributed by atoms with van der Waals surface area (Å²) in [6.07, 6.45) is 0. The van der Waals surface area contributed by atoms with Gasteiger partial charge >= 0.3 is 0 Å². The average Bonchev–Trinajstić information content (AvgIpc) is 2.87. The lowest BCUT2D eigenvalue weighted by molar-refractivity contribution is 0.629. The number of nitrogens with zero attached hydrogens (tertiary/aromatic N) is 4. The number of fused-ring (bicyclic) bond motifs is 1. The van der Waals surface area contributed by atoms with E-state index in [1.165, 1.54) is 12.1 Å². The molecule has 0 fully saturated rings. The number of nitrogens with two attached hydrogens (primary N) is 1. The summed E-state index contributed by atoms with van der Waals surface area (Å²) in [5.74, 6) is 1.92. The first kappa shape index (κ1) is 14.4. The number of aromatic amines is 1. The van der Waals surface area contributed by atoms with E-state index in [0.717, 1.165) is 22.9 Å².